The topological polar surface area (TPSA) is 84.7 Å². The number of halogens is 1. The van der Waals surface area contributed by atoms with E-state index < -0.39 is 0 Å². The molecule has 19 heavy (non-hydrogen) atoms. The minimum atomic E-state index is -0.0963. The van der Waals surface area contributed by atoms with Crippen LogP contribution in [-0.4, -0.2) is 43.8 Å². The quantitative estimate of drug-likeness (QED) is 0.891. The number of nitrogens with zero attached hydrogens (tertiary/aromatic N) is 7. The summed E-state index contributed by atoms with van der Waals surface area (Å²) in [5.74, 6) is 1.68. The van der Waals surface area contributed by atoms with E-state index in [1.54, 1.807) is 11.2 Å². The lowest BCUT2D eigenvalue weighted by atomic mass is 10.3. The second kappa shape index (κ2) is 5.35. The molecule has 9 heteroatoms. The molecule has 0 fully saturated rings. The molecular formula is C10H15ClN8. The second-order valence-electron chi connectivity index (χ2n) is 4.29. The third kappa shape index (κ3) is 3.08. The van der Waals surface area contributed by atoms with Crippen LogP contribution in [0, 0.1) is 0 Å². The standard InChI is InChI=1S/C10H15ClN8/c1-6(7-17-12-5-19(7)4)13-9-14-8(11)15-10(16-9)18(2)3/h5-6H,1-4H3,(H,13,14,15,16). The van der Waals surface area contributed by atoms with Crippen molar-refractivity contribution in [1.29, 1.82) is 0 Å². The lowest BCUT2D eigenvalue weighted by Gasteiger charge is -2.15. The fourth-order valence-corrected chi connectivity index (χ4v) is 1.70. The van der Waals surface area contributed by atoms with Gasteiger partial charge in [-0.2, -0.15) is 15.0 Å². The minimum absolute atomic E-state index is 0.0963. The van der Waals surface area contributed by atoms with Crippen LogP contribution >= 0.6 is 11.6 Å². The fraction of sp³-hybridized carbons (Fsp3) is 0.500. The number of aryl methyl sites for hydroxylation is 1. The monoisotopic (exact) mass is 282 g/mol. The first-order valence-electron chi connectivity index (χ1n) is 5.66. The van der Waals surface area contributed by atoms with Crippen molar-refractivity contribution in [2.75, 3.05) is 24.3 Å². The summed E-state index contributed by atoms with van der Waals surface area (Å²) in [7, 11) is 5.54. The Morgan fingerprint density at radius 2 is 2.05 bits per heavy atom. The van der Waals surface area contributed by atoms with Crippen LogP contribution in [0.1, 0.15) is 18.8 Å². The lowest BCUT2D eigenvalue weighted by Crippen LogP contribution is -2.17. The molecule has 0 amide bonds. The van der Waals surface area contributed by atoms with Gasteiger partial charge in [0.1, 0.15) is 6.33 Å². The summed E-state index contributed by atoms with van der Waals surface area (Å²) in [6, 6.07) is -0.0963. The highest BCUT2D eigenvalue weighted by atomic mass is 35.5. The zero-order chi connectivity index (χ0) is 14.0. The maximum atomic E-state index is 5.87. The van der Waals surface area contributed by atoms with Gasteiger partial charge in [-0.3, -0.25) is 0 Å². The van der Waals surface area contributed by atoms with Crippen molar-refractivity contribution in [3.63, 3.8) is 0 Å². The molecule has 0 bridgehead atoms. The van der Waals surface area contributed by atoms with Crippen LogP contribution < -0.4 is 10.2 Å². The molecule has 102 valence electrons. The highest BCUT2D eigenvalue weighted by Crippen LogP contribution is 2.17. The molecule has 0 saturated carbocycles. The van der Waals surface area contributed by atoms with Crippen molar-refractivity contribution in [2.24, 2.45) is 7.05 Å². The van der Waals surface area contributed by atoms with Crippen molar-refractivity contribution in [1.82, 2.24) is 29.7 Å². The Balaban J connectivity index is 2.21. The molecule has 8 nitrogen and oxygen atoms in total. The van der Waals surface area contributed by atoms with Crippen LogP contribution in [0.25, 0.3) is 0 Å². The maximum Gasteiger partial charge on any atom is 0.230 e. The van der Waals surface area contributed by atoms with E-state index in [-0.39, 0.29) is 11.3 Å². The third-order valence-electron chi connectivity index (χ3n) is 2.48. The van der Waals surface area contributed by atoms with Crippen molar-refractivity contribution < 1.29 is 0 Å². The van der Waals surface area contributed by atoms with Gasteiger partial charge in [-0.1, -0.05) is 0 Å². The third-order valence-corrected chi connectivity index (χ3v) is 2.64. The van der Waals surface area contributed by atoms with E-state index in [2.05, 4.69) is 30.5 Å². The molecular weight excluding hydrogens is 268 g/mol. The van der Waals surface area contributed by atoms with E-state index in [1.807, 2.05) is 32.6 Å². The summed E-state index contributed by atoms with van der Waals surface area (Å²) in [5, 5.41) is 11.1. The van der Waals surface area contributed by atoms with E-state index in [1.165, 1.54) is 0 Å². The predicted octanol–water partition coefficient (Wildman–Crippen LogP) is 0.893. The van der Waals surface area contributed by atoms with Gasteiger partial charge in [0.05, 0.1) is 6.04 Å². The smallest absolute Gasteiger partial charge is 0.230 e. The molecule has 0 aliphatic carbocycles. The Kier molecular flexibility index (Phi) is 3.79. The second-order valence-corrected chi connectivity index (χ2v) is 4.63. The molecule has 1 N–H and O–H groups in total. The maximum absolute atomic E-state index is 5.87. The summed E-state index contributed by atoms with van der Waals surface area (Å²) in [6.07, 6.45) is 1.64. The van der Waals surface area contributed by atoms with Gasteiger partial charge in [-0.15, -0.1) is 10.2 Å². The predicted molar refractivity (Wildman–Crippen MR) is 72.2 cm³/mol. The molecule has 2 heterocycles. The van der Waals surface area contributed by atoms with Gasteiger partial charge < -0.3 is 14.8 Å². The number of hydrogen-bond acceptors (Lipinski definition) is 7. The van der Waals surface area contributed by atoms with E-state index in [4.69, 9.17) is 11.6 Å². The molecule has 2 aromatic rings. The van der Waals surface area contributed by atoms with Crippen LogP contribution in [0.3, 0.4) is 0 Å². The first kappa shape index (κ1) is 13.5. The number of rotatable bonds is 4. The molecule has 1 atom stereocenters. The summed E-state index contributed by atoms with van der Waals surface area (Å²) in [5.41, 5.74) is 0. The summed E-state index contributed by atoms with van der Waals surface area (Å²) in [6.45, 7) is 1.94. The van der Waals surface area contributed by atoms with Crippen LogP contribution in [0.4, 0.5) is 11.9 Å². The van der Waals surface area contributed by atoms with E-state index in [9.17, 15) is 0 Å². The highest BCUT2D eigenvalue weighted by molar-refractivity contribution is 6.28. The average Bonchev–Trinajstić information content (AvgIpc) is 2.74. The van der Waals surface area contributed by atoms with Crippen molar-refractivity contribution in [3.8, 4) is 0 Å². The first-order valence-corrected chi connectivity index (χ1v) is 6.04. The SMILES string of the molecule is CC(Nc1nc(Cl)nc(N(C)C)n1)c1nncn1C. The van der Waals surface area contributed by atoms with Gasteiger partial charge in [-0.25, -0.2) is 0 Å². The van der Waals surface area contributed by atoms with E-state index in [0.29, 0.717) is 11.9 Å². The van der Waals surface area contributed by atoms with Crippen LogP contribution in [0.5, 0.6) is 0 Å². The first-order chi connectivity index (χ1) is 8.97. The molecule has 0 aromatic carbocycles. The summed E-state index contributed by atoms with van der Waals surface area (Å²) >= 11 is 5.87. The Labute approximate surface area is 115 Å². The zero-order valence-corrected chi connectivity index (χ0v) is 11.9. The Morgan fingerprint density at radius 3 is 2.63 bits per heavy atom. The molecule has 0 radical (unpaired) electrons. The number of hydrogen-bond donors (Lipinski definition) is 1. The Morgan fingerprint density at radius 1 is 1.32 bits per heavy atom. The largest absolute Gasteiger partial charge is 0.347 e. The molecule has 0 spiro atoms. The van der Waals surface area contributed by atoms with Gasteiger partial charge in [0.15, 0.2) is 5.82 Å². The molecule has 0 aliphatic heterocycles. The van der Waals surface area contributed by atoms with Gasteiger partial charge >= 0.3 is 0 Å². The Hall–Kier alpha value is -1.96. The summed E-state index contributed by atoms with van der Waals surface area (Å²) in [4.78, 5) is 14.1. The van der Waals surface area contributed by atoms with Crippen molar-refractivity contribution in [3.05, 3.63) is 17.4 Å². The highest BCUT2D eigenvalue weighted by Gasteiger charge is 2.14. The molecule has 2 aromatic heterocycles. The zero-order valence-electron chi connectivity index (χ0n) is 11.2. The average molecular weight is 283 g/mol. The van der Waals surface area contributed by atoms with Crippen LogP contribution in [0.2, 0.25) is 5.28 Å². The minimum Gasteiger partial charge on any atom is -0.347 e. The van der Waals surface area contributed by atoms with Gasteiger partial charge in [-0.05, 0) is 18.5 Å². The van der Waals surface area contributed by atoms with Gasteiger partial charge in [0, 0.05) is 21.1 Å². The molecule has 2 rings (SSSR count). The molecule has 1 unspecified atom stereocenters. The van der Waals surface area contributed by atoms with E-state index in [0.717, 1.165) is 5.82 Å². The van der Waals surface area contributed by atoms with Gasteiger partial charge in [0.25, 0.3) is 0 Å². The molecule has 0 saturated heterocycles. The molecule has 0 aliphatic rings. The number of nitrogens with one attached hydrogen (secondary N) is 1. The van der Waals surface area contributed by atoms with Crippen LogP contribution in [-0.2, 0) is 7.05 Å². The van der Waals surface area contributed by atoms with Crippen LogP contribution in [0.15, 0.2) is 6.33 Å². The summed E-state index contributed by atoms with van der Waals surface area (Å²) < 4.78 is 1.83. The number of aromatic nitrogens is 6. The van der Waals surface area contributed by atoms with Crippen molar-refractivity contribution >= 4 is 23.5 Å². The van der Waals surface area contributed by atoms with Gasteiger partial charge in [0.2, 0.25) is 17.2 Å². The van der Waals surface area contributed by atoms with Crippen molar-refractivity contribution in [2.45, 2.75) is 13.0 Å². The fourth-order valence-electron chi connectivity index (χ4n) is 1.55. The van der Waals surface area contributed by atoms with E-state index >= 15 is 0 Å². The lowest BCUT2D eigenvalue weighted by molar-refractivity contribution is 0.711. The number of anilines is 2. The normalized spacial score (nSPS) is 12.3. The Bertz CT molecular complexity index is 566.